The van der Waals surface area contributed by atoms with Crippen LogP contribution in [0.2, 0.25) is 0 Å². The fourth-order valence-corrected chi connectivity index (χ4v) is 9.85. The normalized spacial score (nSPS) is 21.4. The van der Waals surface area contributed by atoms with E-state index in [-0.39, 0.29) is 55.5 Å². The lowest BCUT2D eigenvalue weighted by molar-refractivity contribution is -0.155. The number of likely N-dealkylation sites (N-methyl/N-ethyl adjacent to an activating group) is 1. The highest BCUT2D eigenvalue weighted by Gasteiger charge is 2.40. The average Bonchev–Trinajstić information content (AvgIpc) is 3.92. The third-order valence-corrected chi connectivity index (χ3v) is 13.3. The summed E-state index contributed by atoms with van der Waals surface area (Å²) in [7, 11) is 3.19. The van der Waals surface area contributed by atoms with Crippen LogP contribution in [0.5, 0.6) is 0 Å². The van der Waals surface area contributed by atoms with Crippen LogP contribution in [0.15, 0.2) is 72.4 Å². The highest BCUT2D eigenvalue weighted by atomic mass is 19.1. The maximum atomic E-state index is 17.3. The second-order valence-corrected chi connectivity index (χ2v) is 19.0. The lowest BCUT2D eigenvalue weighted by Gasteiger charge is -2.37. The lowest BCUT2D eigenvalue weighted by Crippen LogP contribution is -2.62. The van der Waals surface area contributed by atoms with Crippen molar-refractivity contribution in [2.45, 2.75) is 111 Å². The summed E-state index contributed by atoms with van der Waals surface area (Å²) in [5.41, 5.74) is 7.81. The van der Waals surface area contributed by atoms with E-state index in [1.807, 2.05) is 45.9 Å². The molecule has 360 valence electrons. The molecule has 67 heavy (non-hydrogen) atoms. The minimum Gasteiger partial charge on any atom is -0.464 e. The molecule has 1 aromatic heterocycles. The number of aromatic nitrogens is 1. The molecule has 3 aliphatic rings. The summed E-state index contributed by atoms with van der Waals surface area (Å²) in [5.74, 6) is -3.71. The van der Waals surface area contributed by atoms with Crippen LogP contribution in [0.4, 0.5) is 4.39 Å². The molecule has 2 saturated heterocycles. The van der Waals surface area contributed by atoms with E-state index < -0.39 is 53.1 Å². The van der Waals surface area contributed by atoms with Crippen molar-refractivity contribution in [1.82, 2.24) is 30.1 Å². The van der Waals surface area contributed by atoms with Gasteiger partial charge in [-0.05, 0) is 87.3 Å². The molecule has 0 spiro atoms. The van der Waals surface area contributed by atoms with Gasteiger partial charge in [-0.2, -0.15) is 0 Å². The number of ether oxygens (including phenoxy) is 2. The first-order valence-corrected chi connectivity index (χ1v) is 23.4. The molecule has 3 aromatic rings. The van der Waals surface area contributed by atoms with E-state index >= 15 is 4.39 Å². The van der Waals surface area contributed by atoms with Gasteiger partial charge in [-0.15, -0.1) is 0 Å². The fraction of sp³-hybridized carbons (Fsp3) is 0.500. The number of aryl methyl sites for hydroxylation is 1. The van der Waals surface area contributed by atoms with Gasteiger partial charge >= 0.3 is 5.97 Å². The largest absolute Gasteiger partial charge is 0.464 e. The average molecular weight is 922 g/mol. The predicted molar refractivity (Wildman–Crippen MR) is 259 cm³/mol. The summed E-state index contributed by atoms with van der Waals surface area (Å²) in [6, 6.07) is 7.73. The number of hydrogen-bond acceptors (Lipinski definition) is 9. The molecule has 6 rings (SSSR count). The SMILES string of the molecule is C=CC(=O)N1CC[C@H](C(=O)N(C)[C@H](C(=O)N[C@H]2Cc3cccc(c3F)-c3ccc4c(c3)c(c(/C(C=C)=C(/N=C\C)[C@H](C)OC)n4CC)CC(C)(C)COC(=O)[C@@H]3CCCN(N3)C2=O)C(C)C)C1. The number of esters is 1. The summed E-state index contributed by atoms with van der Waals surface area (Å²) in [6.07, 6.45) is 5.89. The number of nitrogens with one attached hydrogen (secondary N) is 2. The van der Waals surface area contributed by atoms with Crippen molar-refractivity contribution in [1.29, 1.82) is 0 Å². The number of benzene rings is 2. The van der Waals surface area contributed by atoms with Gasteiger partial charge in [0.2, 0.25) is 17.7 Å². The van der Waals surface area contributed by atoms with Crippen molar-refractivity contribution >= 4 is 52.3 Å². The van der Waals surface area contributed by atoms with E-state index in [0.717, 1.165) is 27.7 Å². The molecular formula is C52H68FN7O7. The van der Waals surface area contributed by atoms with E-state index in [2.05, 4.69) is 35.4 Å². The van der Waals surface area contributed by atoms with Crippen molar-refractivity contribution in [2.24, 2.45) is 22.2 Å². The van der Waals surface area contributed by atoms with Gasteiger partial charge in [0.05, 0.1) is 30.0 Å². The van der Waals surface area contributed by atoms with Gasteiger partial charge in [-0.25, -0.2) is 9.82 Å². The molecule has 15 heteroatoms. The quantitative estimate of drug-likeness (QED) is 0.0886. The molecule has 0 saturated carbocycles. The molecule has 6 bridgehead atoms. The second kappa shape index (κ2) is 21.4. The summed E-state index contributed by atoms with van der Waals surface area (Å²) in [5, 5.41) is 5.12. The zero-order valence-corrected chi connectivity index (χ0v) is 40.6. The summed E-state index contributed by atoms with van der Waals surface area (Å²) >= 11 is 0. The van der Waals surface area contributed by atoms with Gasteiger partial charge in [0, 0.05) is 80.4 Å². The zero-order chi connectivity index (χ0) is 48.9. The van der Waals surface area contributed by atoms with Crippen molar-refractivity contribution in [3.05, 3.63) is 90.0 Å². The number of halogens is 1. The van der Waals surface area contributed by atoms with Crippen molar-refractivity contribution in [3.8, 4) is 11.1 Å². The monoisotopic (exact) mass is 922 g/mol. The Morgan fingerprint density at radius 3 is 2.51 bits per heavy atom. The Morgan fingerprint density at radius 1 is 1.10 bits per heavy atom. The van der Waals surface area contributed by atoms with Crippen LogP contribution in [-0.4, -0.2) is 120 Å². The molecular weight excluding hydrogens is 854 g/mol. The Bertz CT molecular complexity index is 2470. The fourth-order valence-electron chi connectivity index (χ4n) is 9.85. The molecule has 2 fully saturated rings. The van der Waals surface area contributed by atoms with Gasteiger partial charge in [0.1, 0.15) is 23.9 Å². The Kier molecular flexibility index (Phi) is 16.1. The van der Waals surface area contributed by atoms with Crippen molar-refractivity contribution < 1.29 is 37.8 Å². The lowest BCUT2D eigenvalue weighted by atomic mass is 9.84. The Morgan fingerprint density at radius 2 is 1.85 bits per heavy atom. The van der Waals surface area contributed by atoms with Gasteiger partial charge < -0.3 is 29.2 Å². The van der Waals surface area contributed by atoms with E-state index in [9.17, 15) is 24.0 Å². The van der Waals surface area contributed by atoms with E-state index in [0.29, 0.717) is 55.6 Å². The molecule has 3 aliphatic heterocycles. The first-order valence-electron chi connectivity index (χ1n) is 23.4. The minimum atomic E-state index is -1.30. The molecule has 14 nitrogen and oxygen atoms in total. The second-order valence-electron chi connectivity index (χ2n) is 19.0. The number of likely N-dealkylation sites (tertiary alicyclic amines) is 1. The maximum Gasteiger partial charge on any atom is 0.324 e. The minimum absolute atomic E-state index is 0.0547. The number of nitrogens with zero attached hydrogens (tertiary/aromatic N) is 5. The van der Waals surface area contributed by atoms with Crippen LogP contribution >= 0.6 is 0 Å². The standard InChI is InChI=1S/C52H68FN7O7/c1-12-36(45(54-14-3)32(7)66-11)47-39-28-52(8,9)30-67-51(65)40-20-17-24-60(56-40)50(64)41(27-34-18-16-19-37(44(34)53)33-21-22-42(38(39)26-33)59(47)15-4)55-48(62)46(31(5)6)57(10)49(63)35-23-25-58(29-35)43(61)13-2/h12-14,16,18-19,21-22,26,31-32,35,40-41,46,56H,1-2,15,17,20,23-25,27-30H2,3-11H3,(H,55,62)/b45-36+,54-14-/t32-,35-,40-,41-,46-/m0/s1. The first kappa shape index (κ1) is 50.5. The highest BCUT2D eigenvalue weighted by Crippen LogP contribution is 2.41. The third-order valence-electron chi connectivity index (χ3n) is 13.3. The molecule has 2 aromatic carbocycles. The molecule has 0 unspecified atom stereocenters. The number of allylic oxidation sites excluding steroid dienone is 2. The van der Waals surface area contributed by atoms with Crippen molar-refractivity contribution in [3.63, 3.8) is 0 Å². The van der Waals surface area contributed by atoms with E-state index in [4.69, 9.17) is 14.5 Å². The number of fused-ring (bicyclic) bond motifs is 6. The van der Waals surface area contributed by atoms with Gasteiger partial charge in [-0.3, -0.25) is 34.0 Å². The van der Waals surface area contributed by atoms with Gasteiger partial charge in [-0.1, -0.05) is 71.2 Å². The number of rotatable bonds is 12. The number of methoxy groups -OCH3 is 1. The van der Waals surface area contributed by atoms with Crippen LogP contribution < -0.4 is 10.7 Å². The number of aliphatic imine (C=N–C) groups is 1. The zero-order valence-electron chi connectivity index (χ0n) is 40.6. The molecule has 0 aliphatic carbocycles. The Balaban J connectivity index is 1.47. The molecule has 4 amide bonds. The third kappa shape index (κ3) is 10.6. The van der Waals surface area contributed by atoms with E-state index in [1.165, 1.54) is 16.0 Å². The van der Waals surface area contributed by atoms with Crippen LogP contribution in [0, 0.1) is 23.1 Å². The number of carbonyl (C=O) groups is 5. The number of carbonyl (C=O) groups excluding carboxylic acids is 5. The summed E-state index contributed by atoms with van der Waals surface area (Å²) < 4.78 is 31.4. The smallest absolute Gasteiger partial charge is 0.324 e. The highest BCUT2D eigenvalue weighted by molar-refractivity contribution is 5.96. The van der Waals surface area contributed by atoms with Crippen LogP contribution in [-0.2, 0) is 52.8 Å². The summed E-state index contributed by atoms with van der Waals surface area (Å²) in [4.78, 5) is 77.0. The number of amides is 4. The van der Waals surface area contributed by atoms with Crippen LogP contribution in [0.1, 0.15) is 84.5 Å². The predicted octanol–water partition coefficient (Wildman–Crippen LogP) is 6.66. The van der Waals surface area contributed by atoms with Gasteiger partial charge in [0.25, 0.3) is 5.91 Å². The molecule has 0 radical (unpaired) electrons. The molecule has 2 N–H and O–H groups in total. The topological polar surface area (TPSA) is 155 Å². The van der Waals surface area contributed by atoms with E-state index in [1.54, 1.807) is 63.4 Å². The van der Waals surface area contributed by atoms with Crippen molar-refractivity contribution in [2.75, 3.05) is 40.4 Å². The first-order chi connectivity index (χ1) is 31.9. The Hall–Kier alpha value is -5.93. The Labute approximate surface area is 394 Å². The number of cyclic esters (lactones) is 1. The maximum absolute atomic E-state index is 17.3. The number of hydrogen-bond donors (Lipinski definition) is 2. The molecule has 4 heterocycles. The van der Waals surface area contributed by atoms with Gasteiger partial charge in [0.15, 0.2) is 0 Å². The number of hydrazine groups is 1. The van der Waals surface area contributed by atoms with Crippen LogP contribution in [0.25, 0.3) is 27.6 Å². The summed E-state index contributed by atoms with van der Waals surface area (Å²) in [6.45, 7) is 22.8. The van der Waals surface area contributed by atoms with Crippen LogP contribution in [0.3, 0.4) is 0 Å². The molecule has 5 atom stereocenters.